The van der Waals surface area contributed by atoms with Crippen molar-refractivity contribution in [3.05, 3.63) is 57.8 Å². The van der Waals surface area contributed by atoms with E-state index in [1.54, 1.807) is 25.3 Å². The predicted octanol–water partition coefficient (Wildman–Crippen LogP) is 4.37. The Morgan fingerprint density at radius 1 is 1.22 bits per heavy atom. The number of carboxylic acids is 1. The van der Waals surface area contributed by atoms with Crippen molar-refractivity contribution in [1.29, 1.82) is 0 Å². The number of carbonyl (C=O) groups is 1. The highest BCUT2D eigenvalue weighted by Gasteiger charge is 2.23. The van der Waals surface area contributed by atoms with Crippen LogP contribution < -0.4 is 14.8 Å². The van der Waals surface area contributed by atoms with Crippen LogP contribution in [0.4, 0.5) is 4.39 Å². The molecule has 0 amide bonds. The van der Waals surface area contributed by atoms with Gasteiger partial charge in [-0.2, -0.15) is 0 Å². The van der Waals surface area contributed by atoms with E-state index in [-0.39, 0.29) is 24.9 Å². The number of rotatable bonds is 9. The second-order valence-electron chi connectivity index (χ2n) is 6.41. The van der Waals surface area contributed by atoms with Gasteiger partial charge in [-0.05, 0) is 35.7 Å². The monoisotopic (exact) mass is 439 g/mol. The van der Waals surface area contributed by atoms with Gasteiger partial charge in [-0.3, -0.25) is 10.1 Å². The van der Waals surface area contributed by atoms with Gasteiger partial charge in [0.05, 0.1) is 7.11 Å². The fourth-order valence-corrected chi connectivity index (χ4v) is 3.07. The Hall–Kier alpha value is -2.12. The Labute approximate surface area is 166 Å². The van der Waals surface area contributed by atoms with Gasteiger partial charge in [0, 0.05) is 16.6 Å². The fourth-order valence-electron chi connectivity index (χ4n) is 2.62. The minimum Gasteiger partial charge on any atom is -0.493 e. The van der Waals surface area contributed by atoms with Gasteiger partial charge < -0.3 is 14.6 Å². The molecule has 2 N–H and O–H groups in total. The molecule has 2 aromatic rings. The highest BCUT2D eigenvalue weighted by molar-refractivity contribution is 9.10. The summed E-state index contributed by atoms with van der Waals surface area (Å²) in [5.41, 5.74) is 1.56. The summed E-state index contributed by atoms with van der Waals surface area (Å²) in [5, 5.41) is 12.4. The molecule has 2 aromatic carbocycles. The first-order valence-electron chi connectivity index (χ1n) is 8.52. The van der Waals surface area contributed by atoms with Crippen molar-refractivity contribution in [2.24, 2.45) is 5.92 Å². The first-order chi connectivity index (χ1) is 12.8. The molecule has 27 heavy (non-hydrogen) atoms. The molecule has 146 valence electrons. The van der Waals surface area contributed by atoms with Crippen LogP contribution in [-0.2, 0) is 17.9 Å². The number of ether oxygens (including phenoxy) is 2. The summed E-state index contributed by atoms with van der Waals surface area (Å²) in [6.07, 6.45) is 0. The molecule has 2 rings (SSSR count). The first-order valence-corrected chi connectivity index (χ1v) is 9.31. The lowest BCUT2D eigenvalue weighted by Gasteiger charge is -2.21. The zero-order valence-electron chi connectivity index (χ0n) is 15.5. The topological polar surface area (TPSA) is 67.8 Å². The lowest BCUT2D eigenvalue weighted by atomic mass is 10.0. The quantitative estimate of drug-likeness (QED) is 0.606. The molecular formula is C20H23BrFNO4. The maximum absolute atomic E-state index is 13.1. The van der Waals surface area contributed by atoms with Gasteiger partial charge in [-0.15, -0.1) is 0 Å². The maximum Gasteiger partial charge on any atom is 0.320 e. The van der Waals surface area contributed by atoms with Crippen molar-refractivity contribution in [3.63, 3.8) is 0 Å². The van der Waals surface area contributed by atoms with Crippen molar-refractivity contribution in [1.82, 2.24) is 5.32 Å². The van der Waals surface area contributed by atoms with Crippen LogP contribution in [0.15, 0.2) is 40.9 Å². The number of hydrogen-bond donors (Lipinski definition) is 2. The Bertz CT molecular complexity index is 780. The summed E-state index contributed by atoms with van der Waals surface area (Å²) in [5.74, 6) is -0.240. The smallest absolute Gasteiger partial charge is 0.320 e. The largest absolute Gasteiger partial charge is 0.493 e. The van der Waals surface area contributed by atoms with Gasteiger partial charge in [0.1, 0.15) is 18.5 Å². The van der Waals surface area contributed by atoms with Crippen molar-refractivity contribution in [2.75, 3.05) is 7.11 Å². The molecule has 0 aliphatic carbocycles. The zero-order chi connectivity index (χ0) is 20.0. The number of carboxylic acid groups (broad SMARTS) is 1. The number of nitrogens with one attached hydrogen (secondary N) is 1. The van der Waals surface area contributed by atoms with Crippen LogP contribution in [0.2, 0.25) is 0 Å². The molecule has 0 saturated carbocycles. The van der Waals surface area contributed by atoms with Crippen LogP contribution in [0, 0.1) is 11.7 Å². The van der Waals surface area contributed by atoms with E-state index in [2.05, 4.69) is 21.2 Å². The van der Waals surface area contributed by atoms with Crippen molar-refractivity contribution in [2.45, 2.75) is 33.0 Å². The van der Waals surface area contributed by atoms with E-state index < -0.39 is 12.0 Å². The summed E-state index contributed by atoms with van der Waals surface area (Å²) >= 11 is 3.50. The van der Waals surface area contributed by atoms with Crippen molar-refractivity contribution >= 4 is 21.9 Å². The molecule has 0 aromatic heterocycles. The highest BCUT2D eigenvalue weighted by Crippen LogP contribution is 2.37. The average molecular weight is 440 g/mol. The maximum atomic E-state index is 13.1. The van der Waals surface area contributed by atoms with Gasteiger partial charge in [0.15, 0.2) is 11.5 Å². The molecule has 1 unspecified atom stereocenters. The van der Waals surface area contributed by atoms with Gasteiger partial charge in [0.2, 0.25) is 0 Å². The highest BCUT2D eigenvalue weighted by atomic mass is 79.9. The van der Waals surface area contributed by atoms with Crippen LogP contribution in [0.5, 0.6) is 11.5 Å². The Morgan fingerprint density at radius 2 is 1.89 bits per heavy atom. The lowest BCUT2D eigenvalue weighted by molar-refractivity contribution is -0.140. The Balaban J connectivity index is 2.24. The molecule has 1 atom stereocenters. The number of methoxy groups -OCH3 is 1. The van der Waals surface area contributed by atoms with E-state index >= 15 is 0 Å². The Morgan fingerprint density at radius 3 is 2.44 bits per heavy atom. The van der Waals surface area contributed by atoms with E-state index in [0.29, 0.717) is 11.5 Å². The second kappa shape index (κ2) is 9.71. The summed E-state index contributed by atoms with van der Waals surface area (Å²) in [6.45, 7) is 4.20. The van der Waals surface area contributed by atoms with E-state index in [0.717, 1.165) is 15.6 Å². The summed E-state index contributed by atoms with van der Waals surface area (Å²) < 4.78 is 25.2. The number of aliphatic carboxylic acids is 1. The van der Waals surface area contributed by atoms with E-state index in [1.807, 2.05) is 19.9 Å². The average Bonchev–Trinajstić information content (AvgIpc) is 2.62. The summed E-state index contributed by atoms with van der Waals surface area (Å²) in [7, 11) is 1.54. The summed E-state index contributed by atoms with van der Waals surface area (Å²) in [4.78, 5) is 11.4. The summed E-state index contributed by atoms with van der Waals surface area (Å²) in [6, 6.07) is 8.95. The minimum atomic E-state index is -0.905. The number of benzene rings is 2. The van der Waals surface area contributed by atoms with Crippen LogP contribution in [0.1, 0.15) is 25.0 Å². The lowest BCUT2D eigenvalue weighted by Crippen LogP contribution is -2.40. The third-order valence-electron chi connectivity index (χ3n) is 4.12. The third kappa shape index (κ3) is 5.68. The van der Waals surface area contributed by atoms with Gasteiger partial charge in [-0.25, -0.2) is 4.39 Å². The minimum absolute atomic E-state index is 0.0736. The van der Waals surface area contributed by atoms with Crippen molar-refractivity contribution < 1.29 is 23.8 Å². The molecule has 0 saturated heterocycles. The number of halogens is 2. The molecule has 5 nitrogen and oxygen atoms in total. The third-order valence-corrected chi connectivity index (χ3v) is 4.86. The fraction of sp³-hybridized carbons (Fsp3) is 0.350. The first kappa shape index (κ1) is 21.2. The van der Waals surface area contributed by atoms with Gasteiger partial charge >= 0.3 is 5.97 Å². The SMILES string of the molecule is COc1ccc(Br)c(CNC(C(=O)O)C(C)C)c1OCc1ccc(F)cc1. The molecule has 0 bridgehead atoms. The molecular weight excluding hydrogens is 417 g/mol. The van der Waals surface area contributed by atoms with Crippen molar-refractivity contribution in [3.8, 4) is 11.5 Å². The van der Waals surface area contributed by atoms with E-state index in [4.69, 9.17) is 9.47 Å². The Kier molecular flexibility index (Phi) is 7.62. The molecule has 7 heteroatoms. The van der Waals surface area contributed by atoms with Crippen LogP contribution in [-0.4, -0.2) is 24.2 Å². The molecule has 0 heterocycles. The van der Waals surface area contributed by atoms with E-state index in [1.165, 1.54) is 12.1 Å². The molecule has 0 spiro atoms. The predicted molar refractivity (Wildman–Crippen MR) is 105 cm³/mol. The standard InChI is InChI=1S/C20H23BrFNO4/c1-12(2)18(20(24)25)23-10-15-16(21)8-9-17(26-3)19(15)27-11-13-4-6-14(22)7-5-13/h4-9,12,18,23H,10-11H2,1-3H3,(H,24,25). The molecule has 0 radical (unpaired) electrons. The number of hydrogen-bond acceptors (Lipinski definition) is 4. The van der Waals surface area contributed by atoms with Crippen LogP contribution in [0.25, 0.3) is 0 Å². The zero-order valence-corrected chi connectivity index (χ0v) is 17.0. The molecule has 0 aliphatic heterocycles. The van der Waals surface area contributed by atoms with E-state index in [9.17, 15) is 14.3 Å². The van der Waals surface area contributed by atoms with Gasteiger partial charge in [0.25, 0.3) is 0 Å². The van der Waals surface area contributed by atoms with Crippen LogP contribution >= 0.6 is 15.9 Å². The second-order valence-corrected chi connectivity index (χ2v) is 7.27. The van der Waals surface area contributed by atoms with Gasteiger partial charge in [-0.1, -0.05) is 41.9 Å². The normalized spacial score (nSPS) is 12.1. The molecule has 0 fully saturated rings. The molecule has 0 aliphatic rings. The van der Waals surface area contributed by atoms with Crippen LogP contribution in [0.3, 0.4) is 0 Å².